The maximum absolute atomic E-state index is 13.0. The molecule has 0 spiro atoms. The first-order valence-corrected chi connectivity index (χ1v) is 12.5. The first-order chi connectivity index (χ1) is 16.9. The number of aliphatic carboxylic acids is 1. The molecule has 3 N–H and O–H groups in total. The van der Waals surface area contributed by atoms with Crippen molar-refractivity contribution in [3.05, 3.63) is 59.7 Å². The van der Waals surface area contributed by atoms with E-state index in [4.69, 9.17) is 4.74 Å². The van der Waals surface area contributed by atoms with Gasteiger partial charge in [0, 0.05) is 12.5 Å². The van der Waals surface area contributed by atoms with Crippen LogP contribution in [0, 0.1) is 11.3 Å². The summed E-state index contributed by atoms with van der Waals surface area (Å²) in [6.07, 6.45) is 2.81. The highest BCUT2D eigenvalue weighted by Gasteiger charge is 2.42. The SMILES string of the molecule is CCC(C)[C@H](NC(=O)OCC1c2ccccc2-c2ccccc21)C(=O)NCC1(C(=O)O)CCCC1. The normalized spacial score (nSPS) is 17.7. The second-order valence-corrected chi connectivity index (χ2v) is 9.84. The van der Waals surface area contributed by atoms with Gasteiger partial charge in [-0.2, -0.15) is 0 Å². The predicted octanol–water partition coefficient (Wildman–Crippen LogP) is 4.70. The maximum atomic E-state index is 13.0. The van der Waals surface area contributed by atoms with E-state index in [0.29, 0.717) is 19.3 Å². The van der Waals surface area contributed by atoms with Crippen LogP contribution in [0.25, 0.3) is 11.1 Å². The molecule has 0 bridgehead atoms. The molecule has 1 fully saturated rings. The van der Waals surface area contributed by atoms with Gasteiger partial charge in [-0.3, -0.25) is 9.59 Å². The van der Waals surface area contributed by atoms with Gasteiger partial charge in [-0.1, -0.05) is 81.6 Å². The molecule has 0 saturated heterocycles. The minimum atomic E-state index is -0.917. The second-order valence-electron chi connectivity index (χ2n) is 9.84. The van der Waals surface area contributed by atoms with E-state index in [9.17, 15) is 19.5 Å². The molecule has 2 aromatic rings. The van der Waals surface area contributed by atoms with E-state index in [-0.39, 0.29) is 30.9 Å². The largest absolute Gasteiger partial charge is 0.481 e. The average Bonchev–Trinajstić information content (AvgIpc) is 3.48. The van der Waals surface area contributed by atoms with Gasteiger partial charge in [0.05, 0.1) is 5.41 Å². The van der Waals surface area contributed by atoms with E-state index >= 15 is 0 Å². The van der Waals surface area contributed by atoms with Crippen LogP contribution >= 0.6 is 0 Å². The van der Waals surface area contributed by atoms with E-state index in [2.05, 4.69) is 34.9 Å². The minimum absolute atomic E-state index is 0.0678. The smallest absolute Gasteiger partial charge is 0.407 e. The van der Waals surface area contributed by atoms with E-state index in [1.54, 1.807) is 0 Å². The zero-order valence-corrected chi connectivity index (χ0v) is 20.4. The third-order valence-corrected chi connectivity index (χ3v) is 7.73. The molecule has 1 unspecified atom stereocenters. The molecular formula is C28H34N2O5. The molecule has 1 saturated carbocycles. The second kappa shape index (κ2) is 10.5. The summed E-state index contributed by atoms with van der Waals surface area (Å²) in [4.78, 5) is 37.6. The molecule has 35 heavy (non-hydrogen) atoms. The van der Waals surface area contributed by atoms with Crippen LogP contribution in [0.2, 0.25) is 0 Å². The number of benzene rings is 2. The Labute approximate surface area is 206 Å². The number of nitrogens with one attached hydrogen (secondary N) is 2. The monoisotopic (exact) mass is 478 g/mol. The van der Waals surface area contributed by atoms with E-state index < -0.39 is 23.5 Å². The van der Waals surface area contributed by atoms with E-state index in [1.165, 1.54) is 0 Å². The zero-order chi connectivity index (χ0) is 25.0. The van der Waals surface area contributed by atoms with Crippen molar-refractivity contribution >= 4 is 18.0 Å². The van der Waals surface area contributed by atoms with Crippen molar-refractivity contribution in [3.63, 3.8) is 0 Å². The summed E-state index contributed by atoms with van der Waals surface area (Å²) in [6, 6.07) is 15.4. The summed E-state index contributed by atoms with van der Waals surface area (Å²) in [5, 5.41) is 15.2. The average molecular weight is 479 g/mol. The number of fused-ring (bicyclic) bond motifs is 3. The van der Waals surface area contributed by atoms with Crippen molar-refractivity contribution in [2.75, 3.05) is 13.2 Å². The molecule has 0 heterocycles. The topological polar surface area (TPSA) is 105 Å². The van der Waals surface area contributed by atoms with Crippen LogP contribution in [-0.4, -0.2) is 42.3 Å². The van der Waals surface area contributed by atoms with Gasteiger partial charge in [0.1, 0.15) is 12.6 Å². The highest BCUT2D eigenvalue weighted by molar-refractivity contribution is 5.87. The van der Waals surface area contributed by atoms with Crippen LogP contribution in [0.3, 0.4) is 0 Å². The standard InChI is InChI=1S/C28H34N2O5/c1-3-18(2)24(25(31)29-17-28(26(32)33)14-8-9-15-28)30-27(34)35-16-23-21-12-6-4-10-19(21)20-11-5-7-13-22(20)23/h4-7,10-13,18,23-24H,3,8-9,14-17H2,1-2H3,(H,29,31)(H,30,34)(H,32,33)/t18?,24-/m0/s1. The summed E-state index contributed by atoms with van der Waals surface area (Å²) in [6.45, 7) is 4.06. The van der Waals surface area contributed by atoms with Gasteiger partial charge >= 0.3 is 12.1 Å². The number of carbonyl (C=O) groups is 3. The fourth-order valence-corrected chi connectivity index (χ4v) is 5.35. The van der Waals surface area contributed by atoms with E-state index in [1.807, 2.05) is 38.1 Å². The fourth-order valence-electron chi connectivity index (χ4n) is 5.35. The van der Waals surface area contributed by atoms with Gasteiger partial charge in [-0.05, 0) is 41.0 Å². The summed E-state index contributed by atoms with van der Waals surface area (Å²) in [7, 11) is 0. The van der Waals surface area contributed by atoms with Crippen molar-refractivity contribution < 1.29 is 24.2 Å². The Morgan fingerprint density at radius 1 is 1.03 bits per heavy atom. The highest BCUT2D eigenvalue weighted by atomic mass is 16.5. The Balaban J connectivity index is 1.39. The van der Waals surface area contributed by atoms with Crippen LogP contribution in [0.1, 0.15) is 63.0 Å². The number of rotatable bonds is 9. The molecule has 2 amide bonds. The molecule has 0 aromatic heterocycles. The first-order valence-electron chi connectivity index (χ1n) is 12.5. The van der Waals surface area contributed by atoms with Crippen molar-refractivity contribution in [1.29, 1.82) is 0 Å². The number of ether oxygens (including phenoxy) is 1. The molecule has 0 aliphatic heterocycles. The van der Waals surface area contributed by atoms with Gasteiger partial charge < -0.3 is 20.5 Å². The fraction of sp³-hybridized carbons (Fsp3) is 0.464. The Hall–Kier alpha value is -3.35. The number of hydrogen-bond acceptors (Lipinski definition) is 4. The van der Waals surface area contributed by atoms with Crippen LogP contribution in [0.4, 0.5) is 4.79 Å². The van der Waals surface area contributed by atoms with Crippen LogP contribution < -0.4 is 10.6 Å². The number of carboxylic acids is 1. The summed E-state index contributed by atoms with van der Waals surface area (Å²) in [5.41, 5.74) is 3.61. The lowest BCUT2D eigenvalue weighted by atomic mass is 9.86. The van der Waals surface area contributed by atoms with Gasteiger partial charge in [-0.15, -0.1) is 0 Å². The predicted molar refractivity (Wildman–Crippen MR) is 133 cm³/mol. The Morgan fingerprint density at radius 3 is 2.14 bits per heavy atom. The lowest BCUT2D eigenvalue weighted by molar-refractivity contribution is -0.148. The van der Waals surface area contributed by atoms with Gasteiger partial charge in [-0.25, -0.2) is 4.79 Å². The van der Waals surface area contributed by atoms with Gasteiger partial charge in [0.15, 0.2) is 0 Å². The number of carboxylic acid groups (broad SMARTS) is 1. The van der Waals surface area contributed by atoms with Crippen LogP contribution in [0.5, 0.6) is 0 Å². The maximum Gasteiger partial charge on any atom is 0.407 e. The summed E-state index contributed by atoms with van der Waals surface area (Å²) in [5.74, 6) is -1.46. The molecule has 2 aromatic carbocycles. The molecular weight excluding hydrogens is 444 g/mol. The molecule has 0 radical (unpaired) electrons. The van der Waals surface area contributed by atoms with Crippen LogP contribution in [0.15, 0.2) is 48.5 Å². The van der Waals surface area contributed by atoms with Crippen molar-refractivity contribution in [2.24, 2.45) is 11.3 Å². The van der Waals surface area contributed by atoms with Crippen molar-refractivity contribution in [2.45, 2.75) is 57.9 Å². The first kappa shape index (κ1) is 24.8. The summed E-state index contributed by atoms with van der Waals surface area (Å²) >= 11 is 0. The molecule has 186 valence electrons. The zero-order valence-electron chi connectivity index (χ0n) is 20.4. The molecule has 7 heteroatoms. The number of carbonyl (C=O) groups excluding carboxylic acids is 2. The number of hydrogen-bond donors (Lipinski definition) is 3. The number of amides is 2. The Morgan fingerprint density at radius 2 is 1.60 bits per heavy atom. The van der Waals surface area contributed by atoms with Gasteiger partial charge in [0.25, 0.3) is 0 Å². The quantitative estimate of drug-likeness (QED) is 0.485. The third-order valence-electron chi connectivity index (χ3n) is 7.73. The Kier molecular flexibility index (Phi) is 7.43. The molecule has 2 aliphatic carbocycles. The lowest BCUT2D eigenvalue weighted by Gasteiger charge is -2.28. The molecule has 7 nitrogen and oxygen atoms in total. The van der Waals surface area contributed by atoms with Crippen molar-refractivity contribution in [1.82, 2.24) is 10.6 Å². The number of alkyl carbamates (subject to hydrolysis) is 1. The Bertz CT molecular complexity index is 1050. The third kappa shape index (κ3) is 5.04. The van der Waals surface area contributed by atoms with Crippen LogP contribution in [-0.2, 0) is 14.3 Å². The van der Waals surface area contributed by atoms with Gasteiger partial charge in [0.2, 0.25) is 5.91 Å². The molecule has 2 aliphatic rings. The van der Waals surface area contributed by atoms with E-state index in [0.717, 1.165) is 35.1 Å². The molecule has 4 rings (SSSR count). The highest BCUT2D eigenvalue weighted by Crippen LogP contribution is 2.44. The lowest BCUT2D eigenvalue weighted by Crippen LogP contribution is -2.53. The summed E-state index contributed by atoms with van der Waals surface area (Å²) < 4.78 is 5.63. The minimum Gasteiger partial charge on any atom is -0.481 e. The van der Waals surface area contributed by atoms with Crippen molar-refractivity contribution in [3.8, 4) is 11.1 Å². The molecule has 2 atom stereocenters.